The van der Waals surface area contributed by atoms with Crippen molar-refractivity contribution in [3.8, 4) is 0 Å². The number of aliphatic hydroxyl groups excluding tert-OH is 2. The van der Waals surface area contributed by atoms with Crippen molar-refractivity contribution >= 4 is 33.6 Å². The van der Waals surface area contributed by atoms with Crippen LogP contribution in [0.25, 0.3) is 0 Å². The molecule has 0 bridgehead atoms. The van der Waals surface area contributed by atoms with Gasteiger partial charge in [0.15, 0.2) is 6.10 Å². The van der Waals surface area contributed by atoms with E-state index < -0.39 is 91.5 Å². The van der Waals surface area contributed by atoms with E-state index in [2.05, 4.69) is 203 Å². The van der Waals surface area contributed by atoms with Crippen molar-refractivity contribution in [2.45, 2.75) is 322 Å². The number of phosphoric acid groups is 2. The second-order valence-electron chi connectivity index (χ2n) is 26.8. The molecule has 5 unspecified atom stereocenters. The van der Waals surface area contributed by atoms with Gasteiger partial charge in [-0.2, -0.15) is 0 Å². The van der Waals surface area contributed by atoms with Gasteiger partial charge in [-0.15, -0.1) is 0 Å². The molecule has 0 radical (unpaired) electrons. The van der Waals surface area contributed by atoms with Crippen molar-refractivity contribution < 1.29 is 75.8 Å². The number of aliphatic hydroxyl groups is 2. The van der Waals surface area contributed by atoms with Crippen LogP contribution in [-0.4, -0.2) is 95.9 Å². The first-order valence-corrected chi connectivity index (χ1v) is 44.1. The third-order valence-corrected chi connectivity index (χ3v) is 18.5. The van der Waals surface area contributed by atoms with Crippen molar-refractivity contribution in [2.24, 2.45) is 0 Å². The number of unbranched alkanes of at least 4 members (excludes halogenated alkanes) is 23. The molecule has 5 atom stereocenters. The van der Waals surface area contributed by atoms with E-state index in [9.17, 15) is 43.5 Å². The number of rotatable bonds is 76. The van der Waals surface area contributed by atoms with Crippen LogP contribution in [0.2, 0.25) is 0 Å². The molecule has 608 valence electrons. The Morgan fingerprint density at radius 2 is 0.467 bits per heavy atom. The normalized spacial score (nSPS) is 14.9. The zero-order valence-corrected chi connectivity index (χ0v) is 68.3. The van der Waals surface area contributed by atoms with Crippen molar-refractivity contribution in [2.75, 3.05) is 39.6 Å². The highest BCUT2D eigenvalue weighted by Crippen LogP contribution is 2.45. The molecule has 0 aromatic heterocycles. The average molecular weight is 1530 g/mol. The molecule has 0 aliphatic rings. The number of esters is 3. The van der Waals surface area contributed by atoms with Crippen molar-refractivity contribution in [3.63, 3.8) is 0 Å². The smallest absolute Gasteiger partial charge is 0.463 e. The van der Waals surface area contributed by atoms with Crippen molar-refractivity contribution in [1.29, 1.82) is 0 Å². The summed E-state index contributed by atoms with van der Waals surface area (Å²) in [5.74, 6) is -1.62. The number of hydrogen-bond donors (Lipinski definition) is 4. The highest BCUT2D eigenvalue weighted by atomic mass is 31.2. The minimum absolute atomic E-state index is 0.0691. The first-order chi connectivity index (χ1) is 52.2. The highest BCUT2D eigenvalue weighted by Gasteiger charge is 2.29. The van der Waals surface area contributed by atoms with Gasteiger partial charge < -0.3 is 34.2 Å². The fourth-order valence-corrected chi connectivity index (χ4v) is 12.1. The fourth-order valence-electron chi connectivity index (χ4n) is 10.5. The topological polar surface area (TPSA) is 231 Å². The predicted octanol–water partition coefficient (Wildman–Crippen LogP) is 24.5. The van der Waals surface area contributed by atoms with E-state index in [1.165, 1.54) is 57.8 Å². The molecule has 0 heterocycles. The Kier molecular flexibility index (Phi) is 76.2. The van der Waals surface area contributed by atoms with Gasteiger partial charge in [0.25, 0.3) is 0 Å². The van der Waals surface area contributed by atoms with Crippen molar-refractivity contribution in [3.05, 3.63) is 182 Å². The molecule has 0 amide bonds. The van der Waals surface area contributed by atoms with Gasteiger partial charge in [-0.25, -0.2) is 9.13 Å². The minimum Gasteiger partial charge on any atom is -0.463 e. The van der Waals surface area contributed by atoms with Crippen molar-refractivity contribution in [1.82, 2.24) is 0 Å². The molecule has 18 heteroatoms. The van der Waals surface area contributed by atoms with Crippen LogP contribution in [0.4, 0.5) is 0 Å². The first kappa shape index (κ1) is 102. The summed E-state index contributed by atoms with van der Waals surface area (Å²) < 4.78 is 61.2. The number of allylic oxidation sites excluding steroid dienone is 30. The average Bonchev–Trinajstić information content (AvgIpc) is 0.908. The molecule has 0 saturated heterocycles. The Balaban J connectivity index is 4.62. The van der Waals surface area contributed by atoms with E-state index in [0.717, 1.165) is 186 Å². The van der Waals surface area contributed by atoms with E-state index in [1.807, 2.05) is 0 Å². The number of carbonyl (C=O) groups is 3. The first-order valence-electron chi connectivity index (χ1n) is 41.1. The molecule has 0 fully saturated rings. The minimum atomic E-state index is -4.95. The summed E-state index contributed by atoms with van der Waals surface area (Å²) in [7, 11) is -9.82. The number of hydrogen-bond acceptors (Lipinski definition) is 14. The molecule has 0 aliphatic carbocycles. The Bertz CT molecular complexity index is 2670. The van der Waals surface area contributed by atoms with Crippen LogP contribution in [-0.2, 0) is 55.8 Å². The van der Waals surface area contributed by atoms with Crippen LogP contribution in [0.1, 0.15) is 303 Å². The summed E-state index contributed by atoms with van der Waals surface area (Å²) in [4.78, 5) is 58.8. The Morgan fingerprint density at radius 1 is 0.262 bits per heavy atom. The van der Waals surface area contributed by atoms with Gasteiger partial charge >= 0.3 is 33.6 Å². The quantitative estimate of drug-likeness (QED) is 0.0146. The van der Waals surface area contributed by atoms with Crippen LogP contribution >= 0.6 is 15.6 Å². The summed E-state index contributed by atoms with van der Waals surface area (Å²) in [6.45, 7) is 2.29. The standard InChI is InChI=1S/C89H146O16P2/c1-4-7-10-13-16-19-22-25-28-31-33-35-37-39-40-41-42-44-46-47-49-52-54-57-60-63-66-69-72-75-87(92)99-78-84(90)79-101-106(95,96)102-80-85(91)81-103-107(97,98)104-83-86(105-89(94)77-74-71-68-65-62-59-56-51-30-27-24-21-18-15-12-9-6-3)82-100-88(93)76-73-70-67-64-61-58-55-53-50-48-45-43-38-36-34-32-29-26-23-20-17-14-11-8-5-2/h7-12,16-21,25-30,33-36,39-40,42-45,56,59,84-86,90-91H,4-6,13-15,22-24,31-32,37-38,41,46-55,57-58,60-83H2,1-3H3,(H,95,96)(H,97,98)/b10-7-,11-8-,12-9-,19-16-,20-17-,21-18-,28-25-,29-26-,30-27-,35-33-,36-34-,40-39-,44-42-,45-43-,59-56-. The summed E-state index contributed by atoms with van der Waals surface area (Å²) >= 11 is 0. The van der Waals surface area contributed by atoms with E-state index in [1.54, 1.807) is 0 Å². The maximum atomic E-state index is 13.0. The monoisotopic (exact) mass is 1530 g/mol. The van der Waals surface area contributed by atoms with E-state index in [0.29, 0.717) is 19.3 Å². The zero-order chi connectivity index (χ0) is 78.0. The summed E-state index contributed by atoms with van der Waals surface area (Å²) in [5, 5.41) is 20.7. The van der Waals surface area contributed by atoms with Gasteiger partial charge in [0.2, 0.25) is 0 Å². The summed E-state index contributed by atoms with van der Waals surface area (Å²) in [5.41, 5.74) is 0. The number of ether oxygens (including phenoxy) is 3. The Labute approximate surface area is 649 Å². The summed E-state index contributed by atoms with van der Waals surface area (Å²) in [6, 6.07) is 0. The zero-order valence-electron chi connectivity index (χ0n) is 66.5. The molecule has 0 saturated carbocycles. The van der Waals surface area contributed by atoms with Crippen LogP contribution in [0.5, 0.6) is 0 Å². The second kappa shape index (κ2) is 80.2. The molecule has 0 spiro atoms. The van der Waals surface area contributed by atoms with Crippen LogP contribution in [0.3, 0.4) is 0 Å². The third kappa shape index (κ3) is 81.5. The van der Waals surface area contributed by atoms with Gasteiger partial charge in [0.05, 0.1) is 26.4 Å². The SMILES string of the molecule is CC/C=C\C/C=C\C/C=C\C/C=C\C/C=C\C/C=C\CCCCCCCCCCCCC(=O)OCC(O)COP(=O)(O)OCC(O)COP(=O)(O)OCC(COC(=O)CCCCCCCCCCC/C=C\C/C=C\C/C=C\C/C=C\C/C=C\CC)OC(=O)CCCCCC/C=C\C/C=C\C/C=C\C/C=C\CC. The molecular formula is C89H146O16P2. The lowest BCUT2D eigenvalue weighted by molar-refractivity contribution is -0.161. The van der Waals surface area contributed by atoms with E-state index >= 15 is 0 Å². The Morgan fingerprint density at radius 3 is 0.738 bits per heavy atom. The van der Waals surface area contributed by atoms with Gasteiger partial charge in [0.1, 0.15) is 25.4 Å². The van der Waals surface area contributed by atoms with Gasteiger partial charge in [0, 0.05) is 19.3 Å². The second-order valence-corrected chi connectivity index (χ2v) is 29.7. The lowest BCUT2D eigenvalue weighted by Gasteiger charge is -2.21. The van der Waals surface area contributed by atoms with E-state index in [4.69, 9.17) is 32.3 Å². The van der Waals surface area contributed by atoms with Gasteiger partial charge in [-0.3, -0.25) is 32.5 Å². The molecule has 16 nitrogen and oxygen atoms in total. The lowest BCUT2D eigenvalue weighted by Crippen LogP contribution is -2.30. The molecule has 4 N–H and O–H groups in total. The maximum absolute atomic E-state index is 13.0. The molecular weight excluding hydrogens is 1390 g/mol. The number of carbonyl (C=O) groups excluding carboxylic acids is 3. The molecule has 0 rings (SSSR count). The van der Waals surface area contributed by atoms with Gasteiger partial charge in [-0.05, 0) is 154 Å². The van der Waals surface area contributed by atoms with Crippen LogP contribution in [0.15, 0.2) is 182 Å². The van der Waals surface area contributed by atoms with Crippen LogP contribution < -0.4 is 0 Å². The summed E-state index contributed by atoms with van der Waals surface area (Å²) in [6.07, 6.45) is 104. The maximum Gasteiger partial charge on any atom is 0.472 e. The van der Waals surface area contributed by atoms with E-state index in [-0.39, 0.29) is 19.3 Å². The predicted molar refractivity (Wildman–Crippen MR) is 445 cm³/mol. The Hall–Kier alpha value is -5.35. The largest absolute Gasteiger partial charge is 0.472 e. The third-order valence-electron chi connectivity index (χ3n) is 16.6. The molecule has 0 aliphatic heterocycles. The highest BCUT2D eigenvalue weighted by molar-refractivity contribution is 7.47. The number of phosphoric ester groups is 2. The van der Waals surface area contributed by atoms with Gasteiger partial charge in [-0.1, -0.05) is 312 Å². The molecule has 107 heavy (non-hydrogen) atoms. The lowest BCUT2D eigenvalue weighted by atomic mass is 10.1. The fraction of sp³-hybridized carbons (Fsp3) is 0.629. The molecule has 0 aromatic carbocycles. The molecule has 0 aromatic rings. The van der Waals surface area contributed by atoms with Crippen LogP contribution in [0, 0.1) is 0 Å².